The van der Waals surface area contributed by atoms with Crippen molar-refractivity contribution in [2.45, 2.75) is 0 Å². The lowest BCUT2D eigenvalue weighted by atomic mass is 10.4. The molecular formula is C6H5BrN4O3. The van der Waals surface area contributed by atoms with Gasteiger partial charge in [0.25, 0.3) is 11.5 Å². The van der Waals surface area contributed by atoms with Gasteiger partial charge in [-0.05, 0) is 22.0 Å². The number of nitrogens with zero attached hydrogens (tertiary/aromatic N) is 1. The van der Waals surface area contributed by atoms with Crippen LogP contribution in [-0.2, 0) is 4.79 Å². The van der Waals surface area contributed by atoms with Crippen molar-refractivity contribution in [1.29, 1.82) is 0 Å². The molecule has 14 heavy (non-hydrogen) atoms. The van der Waals surface area contributed by atoms with E-state index in [-0.39, 0.29) is 10.2 Å². The van der Waals surface area contributed by atoms with E-state index in [1.54, 1.807) is 0 Å². The molecule has 0 saturated carbocycles. The highest BCUT2D eigenvalue weighted by Gasteiger charge is 2.08. The van der Waals surface area contributed by atoms with Crippen molar-refractivity contribution in [1.82, 2.24) is 21.0 Å². The molecule has 7 nitrogen and oxygen atoms in total. The van der Waals surface area contributed by atoms with Gasteiger partial charge < -0.3 is 0 Å². The van der Waals surface area contributed by atoms with Gasteiger partial charge in [-0.1, -0.05) is 0 Å². The van der Waals surface area contributed by atoms with Gasteiger partial charge in [0.05, 0.1) is 4.47 Å². The number of hydrogen-bond donors (Lipinski definition) is 3. The van der Waals surface area contributed by atoms with Gasteiger partial charge in [-0.15, -0.1) is 0 Å². The highest BCUT2D eigenvalue weighted by atomic mass is 79.9. The Hall–Kier alpha value is -1.70. The lowest BCUT2D eigenvalue weighted by Crippen LogP contribution is -2.37. The van der Waals surface area contributed by atoms with Gasteiger partial charge in [0.15, 0.2) is 5.69 Å². The molecule has 0 saturated heterocycles. The van der Waals surface area contributed by atoms with E-state index in [4.69, 9.17) is 0 Å². The summed E-state index contributed by atoms with van der Waals surface area (Å²) < 4.78 is 0.184. The van der Waals surface area contributed by atoms with Gasteiger partial charge >= 0.3 is 0 Å². The van der Waals surface area contributed by atoms with Gasteiger partial charge in [-0.25, -0.2) is 5.10 Å². The molecule has 0 radical (unpaired) electrons. The number of aromatic nitrogens is 2. The van der Waals surface area contributed by atoms with Crippen molar-refractivity contribution in [3.05, 3.63) is 26.6 Å². The normalized spacial score (nSPS) is 9.21. The highest BCUT2D eigenvalue weighted by molar-refractivity contribution is 9.10. The quantitative estimate of drug-likeness (QED) is 0.475. The predicted octanol–water partition coefficient (Wildman–Crippen LogP) is -1.08. The van der Waals surface area contributed by atoms with Crippen molar-refractivity contribution < 1.29 is 9.59 Å². The maximum atomic E-state index is 11.1. The molecule has 0 spiro atoms. The zero-order chi connectivity index (χ0) is 10.6. The van der Waals surface area contributed by atoms with Crippen LogP contribution in [0.25, 0.3) is 0 Å². The second-order valence-corrected chi connectivity index (χ2v) is 3.00. The third kappa shape index (κ3) is 2.39. The van der Waals surface area contributed by atoms with Gasteiger partial charge in [0.2, 0.25) is 6.41 Å². The van der Waals surface area contributed by atoms with Crippen molar-refractivity contribution >= 4 is 28.2 Å². The Labute approximate surface area is 86.0 Å². The molecule has 0 unspecified atom stereocenters. The molecule has 0 atom stereocenters. The average molecular weight is 261 g/mol. The number of carbonyl (C=O) groups excluding carboxylic acids is 2. The monoisotopic (exact) mass is 260 g/mol. The molecule has 0 bridgehead atoms. The Morgan fingerprint density at radius 1 is 1.64 bits per heavy atom. The number of nitrogens with one attached hydrogen (secondary N) is 3. The number of aromatic amines is 1. The van der Waals surface area contributed by atoms with Crippen LogP contribution in [-0.4, -0.2) is 22.5 Å². The van der Waals surface area contributed by atoms with Crippen LogP contribution in [0.1, 0.15) is 10.5 Å². The van der Waals surface area contributed by atoms with Crippen molar-refractivity contribution in [3.8, 4) is 0 Å². The summed E-state index contributed by atoms with van der Waals surface area (Å²) in [5, 5.41) is 5.55. The van der Waals surface area contributed by atoms with Crippen LogP contribution >= 0.6 is 15.9 Å². The van der Waals surface area contributed by atoms with E-state index in [9.17, 15) is 14.4 Å². The molecule has 0 aliphatic carbocycles. The van der Waals surface area contributed by atoms with Crippen LogP contribution < -0.4 is 16.4 Å². The Morgan fingerprint density at radius 3 is 2.93 bits per heavy atom. The molecule has 0 aromatic carbocycles. The third-order valence-electron chi connectivity index (χ3n) is 1.24. The van der Waals surface area contributed by atoms with Crippen LogP contribution in [0.5, 0.6) is 0 Å². The summed E-state index contributed by atoms with van der Waals surface area (Å²) in [6.45, 7) is 0. The summed E-state index contributed by atoms with van der Waals surface area (Å²) in [5.41, 5.74) is 3.52. The van der Waals surface area contributed by atoms with Crippen molar-refractivity contribution in [2.75, 3.05) is 0 Å². The smallest absolute Gasteiger partial charge is 0.277 e. The fourth-order valence-electron chi connectivity index (χ4n) is 0.658. The summed E-state index contributed by atoms with van der Waals surface area (Å²) in [5.74, 6) is -0.631. The number of rotatable bonds is 3. The van der Waals surface area contributed by atoms with E-state index >= 15 is 0 Å². The number of amides is 2. The highest BCUT2D eigenvalue weighted by Crippen LogP contribution is 2.02. The minimum Gasteiger partial charge on any atom is -0.277 e. The second-order valence-electron chi connectivity index (χ2n) is 2.15. The molecule has 3 N–H and O–H groups in total. The SMILES string of the molecule is O=CNNC(=O)c1cc(Br)c(=O)[nH]n1. The molecule has 1 heterocycles. The van der Waals surface area contributed by atoms with E-state index in [0.29, 0.717) is 6.41 Å². The molecule has 8 heteroatoms. The molecular weight excluding hydrogens is 256 g/mol. The lowest BCUT2D eigenvalue weighted by Gasteiger charge is -2.00. The molecule has 0 aliphatic heterocycles. The number of hydrazine groups is 1. The summed E-state index contributed by atoms with van der Waals surface area (Å²) in [6, 6.07) is 1.24. The molecule has 0 fully saturated rings. The maximum Gasteiger partial charge on any atom is 0.290 e. The zero-order valence-electron chi connectivity index (χ0n) is 6.70. The topological polar surface area (TPSA) is 104 Å². The van der Waals surface area contributed by atoms with Crippen LogP contribution in [0.3, 0.4) is 0 Å². The zero-order valence-corrected chi connectivity index (χ0v) is 8.29. The van der Waals surface area contributed by atoms with Crippen molar-refractivity contribution in [3.63, 3.8) is 0 Å². The van der Waals surface area contributed by atoms with E-state index in [0.717, 1.165) is 0 Å². The molecule has 2 amide bonds. The number of H-pyrrole nitrogens is 1. The lowest BCUT2D eigenvalue weighted by molar-refractivity contribution is -0.110. The fourth-order valence-corrected chi connectivity index (χ4v) is 0.963. The third-order valence-corrected chi connectivity index (χ3v) is 1.82. The Kier molecular flexibility index (Phi) is 3.35. The Bertz CT molecular complexity index is 416. The molecule has 74 valence electrons. The van der Waals surface area contributed by atoms with Gasteiger partial charge in [0.1, 0.15) is 0 Å². The summed E-state index contributed by atoms with van der Waals surface area (Å²) >= 11 is 2.93. The van der Waals surface area contributed by atoms with E-state index in [1.807, 2.05) is 10.9 Å². The van der Waals surface area contributed by atoms with E-state index in [2.05, 4.69) is 26.1 Å². The predicted molar refractivity (Wildman–Crippen MR) is 49.2 cm³/mol. The first kappa shape index (κ1) is 10.4. The number of hydrogen-bond acceptors (Lipinski definition) is 4. The molecule has 1 aromatic heterocycles. The van der Waals surface area contributed by atoms with Gasteiger partial charge in [0, 0.05) is 0 Å². The van der Waals surface area contributed by atoms with Gasteiger partial charge in [-0.2, -0.15) is 5.10 Å². The standard InChI is InChI=1S/C6H5BrN4O3/c7-3-1-4(9-11-5(3)13)6(14)10-8-2-12/h1-2H,(H,8,12)(H,10,14)(H,11,13). The Balaban J connectivity index is 2.86. The number of carbonyl (C=O) groups is 2. The molecule has 1 aromatic rings. The van der Waals surface area contributed by atoms with Crippen LogP contribution in [0, 0.1) is 0 Å². The van der Waals surface area contributed by atoms with Gasteiger partial charge in [-0.3, -0.25) is 25.2 Å². The summed E-state index contributed by atoms with van der Waals surface area (Å²) in [6.07, 6.45) is 0.304. The molecule has 0 aliphatic rings. The van der Waals surface area contributed by atoms with Crippen LogP contribution in [0.4, 0.5) is 0 Å². The maximum absolute atomic E-state index is 11.1. The van der Waals surface area contributed by atoms with E-state index in [1.165, 1.54) is 6.07 Å². The van der Waals surface area contributed by atoms with Crippen LogP contribution in [0.2, 0.25) is 0 Å². The van der Waals surface area contributed by atoms with Crippen LogP contribution in [0.15, 0.2) is 15.3 Å². The average Bonchev–Trinajstić information content (AvgIpc) is 2.18. The first-order valence-electron chi connectivity index (χ1n) is 3.40. The fraction of sp³-hybridized carbons (Fsp3) is 0. The second kappa shape index (κ2) is 4.51. The minimum atomic E-state index is -0.631. The largest absolute Gasteiger partial charge is 0.290 e. The first-order chi connectivity index (χ1) is 6.65. The number of halogens is 1. The Morgan fingerprint density at radius 2 is 2.36 bits per heavy atom. The first-order valence-corrected chi connectivity index (χ1v) is 4.19. The summed E-state index contributed by atoms with van der Waals surface area (Å²) in [4.78, 5) is 31.8. The van der Waals surface area contributed by atoms with Crippen molar-refractivity contribution in [2.24, 2.45) is 0 Å². The van der Waals surface area contributed by atoms with E-state index < -0.39 is 11.5 Å². The summed E-state index contributed by atoms with van der Waals surface area (Å²) in [7, 11) is 0. The minimum absolute atomic E-state index is 0.0224. The molecule has 1 rings (SSSR count).